The Labute approximate surface area is 99.0 Å². The van der Waals surface area contributed by atoms with Gasteiger partial charge in [0.25, 0.3) is 0 Å². The number of likely N-dealkylation sites (N-methyl/N-ethyl adjacent to an activating group) is 1. The van der Waals surface area contributed by atoms with Crippen molar-refractivity contribution in [3.05, 3.63) is 0 Å². The molecular weight excluding hydrogens is 198 g/mol. The van der Waals surface area contributed by atoms with Gasteiger partial charge in [-0.3, -0.25) is 4.90 Å². The van der Waals surface area contributed by atoms with E-state index in [1.54, 1.807) is 0 Å². The lowest BCUT2D eigenvalue weighted by molar-refractivity contribution is -0.0575. The lowest BCUT2D eigenvalue weighted by atomic mass is 9.71. The van der Waals surface area contributed by atoms with E-state index in [4.69, 9.17) is 5.73 Å². The maximum atomic E-state index is 6.15. The monoisotopic (exact) mass is 223 g/mol. The molecule has 4 rings (SSSR count). The van der Waals surface area contributed by atoms with E-state index in [9.17, 15) is 0 Å². The van der Waals surface area contributed by atoms with Crippen LogP contribution in [-0.4, -0.2) is 55.1 Å². The van der Waals surface area contributed by atoms with Crippen molar-refractivity contribution in [2.45, 2.75) is 31.2 Å². The predicted molar refractivity (Wildman–Crippen MR) is 66.3 cm³/mol. The van der Waals surface area contributed by atoms with Crippen molar-refractivity contribution in [1.29, 1.82) is 0 Å². The second-order valence-electron chi connectivity index (χ2n) is 6.18. The zero-order valence-corrected chi connectivity index (χ0v) is 10.5. The van der Waals surface area contributed by atoms with Crippen LogP contribution < -0.4 is 5.73 Å². The standard InChI is InChI=1S/C13H25N3/c1-15(8-11-2-3-11)13(9-14)10-16-6-4-12(13)5-7-16/h11-12H,2-10,14H2,1H3. The molecule has 4 aliphatic rings. The Balaban J connectivity index is 1.75. The third-order valence-corrected chi connectivity index (χ3v) is 5.19. The normalized spacial score (nSPS) is 42.9. The Bertz CT molecular complexity index is 256. The Morgan fingerprint density at radius 2 is 1.94 bits per heavy atom. The highest BCUT2D eigenvalue weighted by atomic mass is 15.3. The molecule has 1 saturated carbocycles. The maximum absolute atomic E-state index is 6.15. The molecule has 3 aliphatic heterocycles. The molecule has 0 aromatic heterocycles. The molecule has 2 bridgehead atoms. The number of hydrogen-bond donors (Lipinski definition) is 1. The smallest absolute Gasteiger partial charge is 0.0484 e. The van der Waals surface area contributed by atoms with Gasteiger partial charge in [-0.2, -0.15) is 0 Å². The van der Waals surface area contributed by atoms with E-state index in [1.807, 2.05) is 0 Å². The molecule has 1 unspecified atom stereocenters. The predicted octanol–water partition coefficient (Wildman–Crippen LogP) is 0.751. The first-order valence-electron chi connectivity index (χ1n) is 6.88. The fraction of sp³-hybridized carbons (Fsp3) is 1.00. The van der Waals surface area contributed by atoms with E-state index < -0.39 is 0 Å². The van der Waals surface area contributed by atoms with Crippen LogP contribution in [0.4, 0.5) is 0 Å². The van der Waals surface area contributed by atoms with Crippen molar-refractivity contribution in [1.82, 2.24) is 9.80 Å². The summed E-state index contributed by atoms with van der Waals surface area (Å²) in [5, 5.41) is 0. The van der Waals surface area contributed by atoms with Crippen LogP contribution in [0.1, 0.15) is 25.7 Å². The summed E-state index contributed by atoms with van der Waals surface area (Å²) < 4.78 is 0. The number of nitrogens with zero attached hydrogens (tertiary/aromatic N) is 2. The third-order valence-electron chi connectivity index (χ3n) is 5.19. The minimum Gasteiger partial charge on any atom is -0.329 e. The van der Waals surface area contributed by atoms with E-state index in [0.29, 0.717) is 5.54 Å². The van der Waals surface area contributed by atoms with E-state index in [0.717, 1.165) is 18.4 Å². The molecule has 3 saturated heterocycles. The first kappa shape index (κ1) is 11.0. The van der Waals surface area contributed by atoms with Crippen LogP contribution in [0.25, 0.3) is 0 Å². The van der Waals surface area contributed by atoms with Crippen molar-refractivity contribution in [2.75, 3.05) is 39.8 Å². The molecule has 16 heavy (non-hydrogen) atoms. The SMILES string of the molecule is CN(CC1CC1)C1(CN)CN2CCC1CC2. The average molecular weight is 223 g/mol. The third kappa shape index (κ3) is 1.69. The van der Waals surface area contributed by atoms with Gasteiger partial charge in [-0.25, -0.2) is 0 Å². The number of hydrogen-bond acceptors (Lipinski definition) is 3. The van der Waals surface area contributed by atoms with Gasteiger partial charge in [0.15, 0.2) is 0 Å². The summed E-state index contributed by atoms with van der Waals surface area (Å²) >= 11 is 0. The largest absolute Gasteiger partial charge is 0.329 e. The van der Waals surface area contributed by atoms with Gasteiger partial charge in [0.05, 0.1) is 0 Å². The zero-order chi connectivity index (χ0) is 11.2. The first-order valence-corrected chi connectivity index (χ1v) is 6.88. The molecule has 1 aliphatic carbocycles. The second kappa shape index (κ2) is 3.97. The zero-order valence-electron chi connectivity index (χ0n) is 10.5. The lowest BCUT2D eigenvalue weighted by Gasteiger charge is -2.57. The molecule has 0 aromatic rings. The van der Waals surface area contributed by atoms with Crippen LogP contribution in [0.3, 0.4) is 0 Å². The maximum Gasteiger partial charge on any atom is 0.0484 e. The summed E-state index contributed by atoms with van der Waals surface area (Å²) in [6.07, 6.45) is 5.62. The number of piperidine rings is 3. The average Bonchev–Trinajstić information content (AvgIpc) is 3.14. The molecule has 0 spiro atoms. The van der Waals surface area contributed by atoms with Crippen LogP contribution >= 0.6 is 0 Å². The number of nitrogens with two attached hydrogens (primary N) is 1. The van der Waals surface area contributed by atoms with Crippen molar-refractivity contribution in [3.8, 4) is 0 Å². The van der Waals surface area contributed by atoms with Gasteiger partial charge in [-0.05, 0) is 57.7 Å². The van der Waals surface area contributed by atoms with Crippen LogP contribution in [0.15, 0.2) is 0 Å². The van der Waals surface area contributed by atoms with Crippen molar-refractivity contribution in [3.63, 3.8) is 0 Å². The molecule has 4 fully saturated rings. The minimum absolute atomic E-state index is 0.305. The second-order valence-corrected chi connectivity index (χ2v) is 6.18. The Morgan fingerprint density at radius 1 is 1.25 bits per heavy atom. The molecule has 0 radical (unpaired) electrons. The highest BCUT2D eigenvalue weighted by Gasteiger charge is 2.48. The molecule has 0 amide bonds. The van der Waals surface area contributed by atoms with Crippen molar-refractivity contribution >= 4 is 0 Å². The van der Waals surface area contributed by atoms with Crippen molar-refractivity contribution < 1.29 is 0 Å². The minimum atomic E-state index is 0.305. The summed E-state index contributed by atoms with van der Waals surface area (Å²) in [7, 11) is 2.31. The van der Waals surface area contributed by atoms with Gasteiger partial charge in [0.2, 0.25) is 0 Å². The number of rotatable bonds is 4. The molecule has 3 heteroatoms. The van der Waals surface area contributed by atoms with E-state index in [1.165, 1.54) is 51.9 Å². The Kier molecular flexibility index (Phi) is 2.73. The van der Waals surface area contributed by atoms with Crippen LogP contribution in [0, 0.1) is 11.8 Å². The van der Waals surface area contributed by atoms with Gasteiger partial charge < -0.3 is 10.6 Å². The van der Waals surface area contributed by atoms with Gasteiger partial charge in [-0.15, -0.1) is 0 Å². The molecule has 3 heterocycles. The highest BCUT2D eigenvalue weighted by Crippen LogP contribution is 2.40. The van der Waals surface area contributed by atoms with E-state index in [-0.39, 0.29) is 0 Å². The van der Waals surface area contributed by atoms with E-state index in [2.05, 4.69) is 16.8 Å². The fourth-order valence-corrected chi connectivity index (χ4v) is 3.83. The summed E-state index contributed by atoms with van der Waals surface area (Å²) in [5.74, 6) is 1.83. The van der Waals surface area contributed by atoms with Crippen molar-refractivity contribution in [2.24, 2.45) is 17.6 Å². The molecule has 92 valence electrons. The molecule has 3 nitrogen and oxygen atoms in total. The highest BCUT2D eigenvalue weighted by molar-refractivity contribution is 5.06. The van der Waals surface area contributed by atoms with Crippen LogP contribution in [0.5, 0.6) is 0 Å². The van der Waals surface area contributed by atoms with Crippen LogP contribution in [-0.2, 0) is 0 Å². The van der Waals surface area contributed by atoms with Gasteiger partial charge in [0, 0.05) is 25.2 Å². The summed E-state index contributed by atoms with van der Waals surface area (Å²) in [6.45, 7) is 5.96. The Morgan fingerprint density at radius 3 is 2.38 bits per heavy atom. The lowest BCUT2D eigenvalue weighted by Crippen LogP contribution is -2.69. The summed E-state index contributed by atoms with van der Waals surface area (Å²) in [6, 6.07) is 0. The van der Waals surface area contributed by atoms with Crippen LogP contribution in [0.2, 0.25) is 0 Å². The van der Waals surface area contributed by atoms with Gasteiger partial charge in [0.1, 0.15) is 0 Å². The first-order chi connectivity index (χ1) is 7.74. The molecule has 0 aromatic carbocycles. The molecule has 2 N–H and O–H groups in total. The summed E-state index contributed by atoms with van der Waals surface area (Å²) in [4.78, 5) is 5.23. The van der Waals surface area contributed by atoms with Gasteiger partial charge >= 0.3 is 0 Å². The Hall–Kier alpha value is -0.120. The topological polar surface area (TPSA) is 32.5 Å². The summed E-state index contributed by atoms with van der Waals surface area (Å²) in [5.41, 5.74) is 6.46. The van der Waals surface area contributed by atoms with E-state index >= 15 is 0 Å². The fourth-order valence-electron chi connectivity index (χ4n) is 3.83. The quantitative estimate of drug-likeness (QED) is 0.763. The molecular formula is C13H25N3. The molecule has 1 atom stereocenters. The number of fused-ring (bicyclic) bond motifs is 3. The van der Waals surface area contributed by atoms with Gasteiger partial charge in [-0.1, -0.05) is 0 Å².